The van der Waals surface area contributed by atoms with Gasteiger partial charge in [0.15, 0.2) is 0 Å². The number of hydrogen-bond acceptors (Lipinski definition) is 3. The molecular formula is C24H20O3S2. The summed E-state index contributed by atoms with van der Waals surface area (Å²) in [5.41, 5.74) is 0. The average Bonchev–Trinajstić information content (AvgIpc) is 2.80. The van der Waals surface area contributed by atoms with E-state index in [1.807, 2.05) is 91.0 Å². The SMILES string of the molecule is O=S(=O)(OS(c1ccccc1)(c1ccccc1)c1ccccc1)c1ccccc1. The lowest BCUT2D eigenvalue weighted by Gasteiger charge is -2.39. The Kier molecular flexibility index (Phi) is 5.53. The predicted molar refractivity (Wildman–Crippen MR) is 116 cm³/mol. The second-order valence-corrected chi connectivity index (χ2v) is 10.8. The molecule has 0 saturated heterocycles. The maximum atomic E-state index is 13.4. The fraction of sp³-hybridized carbons (Fsp3) is 0. The van der Waals surface area contributed by atoms with E-state index in [-0.39, 0.29) is 4.90 Å². The first-order valence-electron chi connectivity index (χ1n) is 9.13. The Hall–Kier alpha value is -2.86. The molecule has 0 fully saturated rings. The average molecular weight is 421 g/mol. The summed E-state index contributed by atoms with van der Waals surface area (Å²) in [6, 6.07) is 37.0. The second kappa shape index (κ2) is 8.25. The molecule has 0 unspecified atom stereocenters. The van der Waals surface area contributed by atoms with Gasteiger partial charge in [0.25, 0.3) is 0 Å². The van der Waals surface area contributed by atoms with Crippen molar-refractivity contribution in [2.75, 3.05) is 0 Å². The largest absolute Gasteiger partial charge is 0.307 e. The predicted octanol–water partition coefficient (Wildman–Crippen LogP) is 6.29. The Balaban J connectivity index is 2.01. The maximum absolute atomic E-state index is 13.4. The van der Waals surface area contributed by atoms with Crippen molar-refractivity contribution >= 4 is 20.4 Å². The Morgan fingerprint density at radius 2 is 0.690 bits per heavy atom. The van der Waals surface area contributed by atoms with E-state index in [2.05, 4.69) is 0 Å². The highest BCUT2D eigenvalue weighted by molar-refractivity contribution is 8.33. The van der Waals surface area contributed by atoms with Crippen LogP contribution in [0, 0.1) is 0 Å². The first-order chi connectivity index (χ1) is 14.1. The van der Waals surface area contributed by atoms with Crippen LogP contribution >= 0.6 is 10.3 Å². The molecule has 0 aliphatic rings. The van der Waals surface area contributed by atoms with Crippen molar-refractivity contribution in [1.82, 2.24) is 0 Å². The summed E-state index contributed by atoms with van der Waals surface area (Å²) >= 11 is 0. The van der Waals surface area contributed by atoms with Crippen molar-refractivity contribution in [2.45, 2.75) is 19.6 Å². The van der Waals surface area contributed by atoms with Crippen molar-refractivity contribution in [1.29, 1.82) is 0 Å². The molecule has 0 aliphatic heterocycles. The maximum Gasteiger partial charge on any atom is 0.307 e. The van der Waals surface area contributed by atoms with Crippen molar-refractivity contribution in [3.8, 4) is 0 Å². The molecule has 0 aliphatic carbocycles. The van der Waals surface area contributed by atoms with Crippen LogP contribution in [0.4, 0.5) is 0 Å². The third kappa shape index (κ3) is 3.85. The fourth-order valence-electron chi connectivity index (χ4n) is 3.12. The van der Waals surface area contributed by atoms with Crippen LogP contribution < -0.4 is 0 Å². The normalized spacial score (nSPS) is 12.4. The van der Waals surface area contributed by atoms with Gasteiger partial charge in [0.2, 0.25) is 0 Å². The first kappa shape index (κ1) is 19.5. The minimum absolute atomic E-state index is 0.139. The van der Waals surface area contributed by atoms with Gasteiger partial charge in [-0.15, -0.1) is 0 Å². The van der Waals surface area contributed by atoms with Crippen LogP contribution in [0.5, 0.6) is 0 Å². The third-order valence-corrected chi connectivity index (χ3v) is 9.64. The highest BCUT2D eigenvalue weighted by Gasteiger charge is 2.37. The molecule has 0 spiro atoms. The van der Waals surface area contributed by atoms with Gasteiger partial charge in [-0.3, -0.25) is 0 Å². The zero-order valence-corrected chi connectivity index (χ0v) is 17.2. The molecule has 146 valence electrons. The molecule has 0 heterocycles. The molecule has 29 heavy (non-hydrogen) atoms. The molecule has 0 saturated carbocycles. The van der Waals surface area contributed by atoms with Crippen LogP contribution in [0.15, 0.2) is 141 Å². The van der Waals surface area contributed by atoms with Gasteiger partial charge in [0, 0.05) is 14.7 Å². The Bertz CT molecular complexity index is 1070. The summed E-state index contributed by atoms with van der Waals surface area (Å²) in [7, 11) is -6.55. The third-order valence-electron chi connectivity index (χ3n) is 4.45. The smallest absolute Gasteiger partial charge is 0.203 e. The lowest BCUT2D eigenvalue weighted by molar-refractivity contribution is 0.508. The molecule has 0 bridgehead atoms. The van der Waals surface area contributed by atoms with E-state index in [0.29, 0.717) is 0 Å². The van der Waals surface area contributed by atoms with Gasteiger partial charge in [0.05, 0.1) is 4.90 Å². The van der Waals surface area contributed by atoms with Gasteiger partial charge < -0.3 is 0 Å². The Morgan fingerprint density at radius 3 is 1.00 bits per heavy atom. The molecule has 0 N–H and O–H groups in total. The number of benzene rings is 4. The minimum atomic E-state index is -4.03. The van der Waals surface area contributed by atoms with E-state index in [1.165, 1.54) is 0 Å². The van der Waals surface area contributed by atoms with Gasteiger partial charge in [-0.05, 0) is 58.8 Å². The van der Waals surface area contributed by atoms with Crippen LogP contribution in [-0.4, -0.2) is 8.42 Å². The molecule has 0 aromatic heterocycles. The molecule has 4 aromatic carbocycles. The lowest BCUT2D eigenvalue weighted by atomic mass is 10.4. The zero-order valence-electron chi connectivity index (χ0n) is 15.6. The van der Waals surface area contributed by atoms with Crippen molar-refractivity contribution in [2.24, 2.45) is 0 Å². The van der Waals surface area contributed by atoms with E-state index in [9.17, 15) is 8.42 Å². The van der Waals surface area contributed by atoms with Crippen LogP contribution in [0.25, 0.3) is 0 Å². The quantitative estimate of drug-likeness (QED) is 0.368. The van der Waals surface area contributed by atoms with E-state index >= 15 is 0 Å². The van der Waals surface area contributed by atoms with E-state index in [0.717, 1.165) is 14.7 Å². The van der Waals surface area contributed by atoms with Crippen LogP contribution in [0.2, 0.25) is 0 Å². The van der Waals surface area contributed by atoms with Gasteiger partial charge in [-0.1, -0.05) is 72.8 Å². The molecule has 0 radical (unpaired) electrons. The molecule has 0 amide bonds. The summed E-state index contributed by atoms with van der Waals surface area (Å²) in [5, 5.41) is 0. The first-order valence-corrected chi connectivity index (χ1v) is 12.1. The molecule has 3 nitrogen and oxygen atoms in total. The topological polar surface area (TPSA) is 43.4 Å². The summed E-state index contributed by atoms with van der Waals surface area (Å²) in [5.74, 6) is 0. The van der Waals surface area contributed by atoms with Gasteiger partial charge in [0.1, 0.15) is 0 Å². The Morgan fingerprint density at radius 1 is 0.414 bits per heavy atom. The molecule has 5 heteroatoms. The summed E-state index contributed by atoms with van der Waals surface area (Å²) in [6.45, 7) is 0. The van der Waals surface area contributed by atoms with E-state index < -0.39 is 20.4 Å². The second-order valence-electron chi connectivity index (χ2n) is 6.33. The van der Waals surface area contributed by atoms with Crippen molar-refractivity contribution in [3.05, 3.63) is 121 Å². The zero-order chi connectivity index (χ0) is 20.2. The monoisotopic (exact) mass is 420 g/mol. The summed E-state index contributed by atoms with van der Waals surface area (Å²) in [4.78, 5) is 2.59. The summed E-state index contributed by atoms with van der Waals surface area (Å²) in [6.07, 6.45) is 0. The van der Waals surface area contributed by atoms with Crippen LogP contribution in [0.3, 0.4) is 0 Å². The highest BCUT2D eigenvalue weighted by Crippen LogP contribution is 2.70. The standard InChI is InChI=1S/C24H20O3S2/c25-29(26,24-19-11-4-12-20-24)27-28(21-13-5-1-6-14-21,22-15-7-2-8-16-22)23-17-9-3-10-18-23/h1-20H. The Labute approximate surface area is 173 Å². The fourth-order valence-corrected chi connectivity index (χ4v) is 8.38. The molecule has 0 atom stereocenters. The van der Waals surface area contributed by atoms with Crippen LogP contribution in [0.1, 0.15) is 0 Å². The van der Waals surface area contributed by atoms with E-state index in [4.69, 9.17) is 3.63 Å². The number of rotatable bonds is 6. The molecule has 4 aromatic rings. The van der Waals surface area contributed by atoms with Crippen molar-refractivity contribution in [3.63, 3.8) is 0 Å². The molecular weight excluding hydrogens is 400 g/mol. The lowest BCUT2D eigenvalue weighted by Crippen LogP contribution is -2.14. The van der Waals surface area contributed by atoms with Crippen LogP contribution in [-0.2, 0) is 13.7 Å². The summed E-state index contributed by atoms with van der Waals surface area (Å²) < 4.78 is 33.0. The van der Waals surface area contributed by atoms with Gasteiger partial charge >= 0.3 is 10.1 Å². The van der Waals surface area contributed by atoms with Gasteiger partial charge in [-0.2, -0.15) is 8.42 Å². The molecule has 4 rings (SSSR count). The minimum Gasteiger partial charge on any atom is -0.203 e. The van der Waals surface area contributed by atoms with Gasteiger partial charge in [-0.25, -0.2) is 3.63 Å². The van der Waals surface area contributed by atoms with Crippen molar-refractivity contribution < 1.29 is 12.0 Å². The highest BCUT2D eigenvalue weighted by atomic mass is 32.3. The number of hydrogen-bond donors (Lipinski definition) is 0. The van der Waals surface area contributed by atoms with E-state index in [1.54, 1.807) is 30.3 Å².